The van der Waals surface area contributed by atoms with E-state index in [9.17, 15) is 0 Å². The monoisotopic (exact) mass is 213 g/mol. The highest BCUT2D eigenvalue weighted by Gasteiger charge is 1.97. The molecule has 0 amide bonds. The fourth-order valence-corrected chi connectivity index (χ4v) is 1.30. The lowest BCUT2D eigenvalue weighted by Crippen LogP contribution is -2.15. The lowest BCUT2D eigenvalue weighted by Gasteiger charge is -2.01. The molecule has 5 nitrogen and oxygen atoms in total. The quantitative estimate of drug-likeness (QED) is 0.597. The van der Waals surface area contributed by atoms with E-state index < -0.39 is 0 Å². The zero-order valence-electron chi connectivity index (χ0n) is 9.15. The molecule has 5 heteroatoms. The van der Waals surface area contributed by atoms with Gasteiger partial charge in [-0.05, 0) is 13.0 Å². The minimum Gasteiger partial charge on any atom is -0.394 e. The van der Waals surface area contributed by atoms with Crippen LogP contribution in [0.15, 0.2) is 12.4 Å². The van der Waals surface area contributed by atoms with E-state index in [0.29, 0.717) is 6.54 Å². The molecule has 0 saturated heterocycles. The van der Waals surface area contributed by atoms with E-state index in [1.54, 1.807) is 11.8 Å². The number of hydrogen-bond donors (Lipinski definition) is 2. The molecule has 0 atom stereocenters. The number of aliphatic hydroxyl groups is 1. The van der Waals surface area contributed by atoms with Gasteiger partial charge in [-0.2, -0.15) is 5.10 Å². The van der Waals surface area contributed by atoms with Crippen molar-refractivity contribution in [3.8, 4) is 0 Å². The first-order valence-electron chi connectivity index (χ1n) is 5.18. The Hall–Kier alpha value is -0.910. The Labute approximate surface area is 90.1 Å². The van der Waals surface area contributed by atoms with Crippen LogP contribution in [-0.4, -0.2) is 41.8 Å². The number of nitrogens with zero attached hydrogens (tertiary/aromatic N) is 2. The number of ether oxygens (including phenoxy) is 1. The lowest BCUT2D eigenvalue weighted by atomic mass is 10.3. The summed E-state index contributed by atoms with van der Waals surface area (Å²) in [7, 11) is 1.71. The van der Waals surface area contributed by atoms with Crippen molar-refractivity contribution in [2.45, 2.75) is 19.5 Å². The van der Waals surface area contributed by atoms with Gasteiger partial charge in [0.25, 0.3) is 0 Å². The van der Waals surface area contributed by atoms with E-state index in [1.807, 2.05) is 12.4 Å². The SMILES string of the molecule is COCCCNCc1cnn(CCO)c1. The van der Waals surface area contributed by atoms with Gasteiger partial charge in [0.2, 0.25) is 0 Å². The van der Waals surface area contributed by atoms with Gasteiger partial charge in [-0.1, -0.05) is 0 Å². The zero-order chi connectivity index (χ0) is 10.9. The van der Waals surface area contributed by atoms with Crippen LogP contribution >= 0.6 is 0 Å². The first-order valence-corrected chi connectivity index (χ1v) is 5.18. The van der Waals surface area contributed by atoms with E-state index in [1.165, 1.54) is 0 Å². The summed E-state index contributed by atoms with van der Waals surface area (Å²) in [6, 6.07) is 0. The summed E-state index contributed by atoms with van der Waals surface area (Å²) in [4.78, 5) is 0. The topological polar surface area (TPSA) is 59.3 Å². The fraction of sp³-hybridized carbons (Fsp3) is 0.700. The van der Waals surface area contributed by atoms with Crippen LogP contribution in [0.5, 0.6) is 0 Å². The van der Waals surface area contributed by atoms with Crippen LogP contribution in [0, 0.1) is 0 Å². The van der Waals surface area contributed by atoms with Crippen molar-refractivity contribution in [3.63, 3.8) is 0 Å². The summed E-state index contributed by atoms with van der Waals surface area (Å²) in [5, 5.41) is 16.1. The third-order valence-corrected chi connectivity index (χ3v) is 2.05. The Bertz CT molecular complexity index is 263. The van der Waals surface area contributed by atoms with E-state index in [-0.39, 0.29) is 6.61 Å². The summed E-state index contributed by atoms with van der Waals surface area (Å²) in [5.41, 5.74) is 1.14. The van der Waals surface area contributed by atoms with Gasteiger partial charge < -0.3 is 15.2 Å². The molecule has 0 aromatic carbocycles. The molecular formula is C10H19N3O2. The second kappa shape index (κ2) is 7.39. The Kier molecular flexibility index (Phi) is 5.99. The molecule has 0 unspecified atom stereocenters. The maximum absolute atomic E-state index is 8.71. The molecule has 1 aromatic rings. The molecule has 0 aliphatic rings. The first kappa shape index (κ1) is 12.2. The van der Waals surface area contributed by atoms with Gasteiger partial charge in [-0.15, -0.1) is 0 Å². The average Bonchev–Trinajstić information content (AvgIpc) is 2.66. The number of rotatable bonds is 8. The normalized spacial score (nSPS) is 10.8. The molecule has 0 aliphatic carbocycles. The first-order chi connectivity index (χ1) is 7.36. The summed E-state index contributed by atoms with van der Waals surface area (Å²) in [6.07, 6.45) is 4.78. The number of nitrogens with one attached hydrogen (secondary N) is 1. The number of aromatic nitrogens is 2. The summed E-state index contributed by atoms with van der Waals surface area (Å²) >= 11 is 0. The highest BCUT2D eigenvalue weighted by atomic mass is 16.5. The van der Waals surface area contributed by atoms with E-state index >= 15 is 0 Å². The van der Waals surface area contributed by atoms with Crippen molar-refractivity contribution in [2.75, 3.05) is 26.9 Å². The van der Waals surface area contributed by atoms with Crippen molar-refractivity contribution in [2.24, 2.45) is 0 Å². The van der Waals surface area contributed by atoms with E-state index in [2.05, 4.69) is 10.4 Å². The van der Waals surface area contributed by atoms with Crippen LogP contribution in [0.4, 0.5) is 0 Å². The highest BCUT2D eigenvalue weighted by molar-refractivity contribution is 5.03. The van der Waals surface area contributed by atoms with Crippen LogP contribution in [0.3, 0.4) is 0 Å². The second-order valence-corrected chi connectivity index (χ2v) is 3.36. The van der Waals surface area contributed by atoms with Crippen molar-refractivity contribution < 1.29 is 9.84 Å². The third kappa shape index (κ3) is 4.92. The number of aliphatic hydroxyl groups excluding tert-OH is 1. The van der Waals surface area contributed by atoms with Gasteiger partial charge in [0, 0.05) is 32.0 Å². The molecule has 0 aliphatic heterocycles. The van der Waals surface area contributed by atoms with Gasteiger partial charge in [0.1, 0.15) is 0 Å². The molecule has 0 spiro atoms. The van der Waals surface area contributed by atoms with E-state index in [4.69, 9.17) is 9.84 Å². The molecule has 1 aromatic heterocycles. The zero-order valence-corrected chi connectivity index (χ0v) is 9.15. The predicted molar refractivity (Wildman–Crippen MR) is 57.5 cm³/mol. The van der Waals surface area contributed by atoms with Crippen molar-refractivity contribution in [3.05, 3.63) is 18.0 Å². The Morgan fingerprint density at radius 1 is 1.60 bits per heavy atom. The van der Waals surface area contributed by atoms with Crippen LogP contribution in [0.1, 0.15) is 12.0 Å². The third-order valence-electron chi connectivity index (χ3n) is 2.05. The van der Waals surface area contributed by atoms with Crippen molar-refractivity contribution in [1.29, 1.82) is 0 Å². The van der Waals surface area contributed by atoms with Crippen molar-refractivity contribution >= 4 is 0 Å². The summed E-state index contributed by atoms with van der Waals surface area (Å²) < 4.78 is 6.69. The lowest BCUT2D eigenvalue weighted by molar-refractivity contribution is 0.194. The van der Waals surface area contributed by atoms with Crippen LogP contribution < -0.4 is 5.32 Å². The summed E-state index contributed by atoms with van der Waals surface area (Å²) in [6.45, 7) is 3.23. The maximum atomic E-state index is 8.71. The molecular weight excluding hydrogens is 194 g/mol. The standard InChI is InChI=1S/C10H19N3O2/c1-15-6-2-3-11-7-10-8-12-13(9-10)4-5-14/h8-9,11,14H,2-7H2,1H3. The van der Waals surface area contributed by atoms with Gasteiger partial charge in [0.05, 0.1) is 19.3 Å². The van der Waals surface area contributed by atoms with Crippen LogP contribution in [0.25, 0.3) is 0 Å². The molecule has 15 heavy (non-hydrogen) atoms. The molecule has 0 bridgehead atoms. The second-order valence-electron chi connectivity index (χ2n) is 3.36. The van der Waals surface area contributed by atoms with Gasteiger partial charge >= 0.3 is 0 Å². The molecule has 0 saturated carbocycles. The minimum atomic E-state index is 0.127. The summed E-state index contributed by atoms with van der Waals surface area (Å²) in [5.74, 6) is 0. The minimum absolute atomic E-state index is 0.127. The van der Waals surface area contributed by atoms with Crippen LogP contribution in [0.2, 0.25) is 0 Å². The average molecular weight is 213 g/mol. The molecule has 0 fully saturated rings. The number of hydrogen-bond acceptors (Lipinski definition) is 4. The largest absolute Gasteiger partial charge is 0.394 e. The fourth-order valence-electron chi connectivity index (χ4n) is 1.30. The van der Waals surface area contributed by atoms with E-state index in [0.717, 1.165) is 31.7 Å². The highest BCUT2D eigenvalue weighted by Crippen LogP contribution is 1.96. The molecule has 1 rings (SSSR count). The molecule has 1 heterocycles. The van der Waals surface area contributed by atoms with Crippen molar-refractivity contribution in [1.82, 2.24) is 15.1 Å². The maximum Gasteiger partial charge on any atom is 0.0640 e. The molecule has 86 valence electrons. The Morgan fingerprint density at radius 3 is 3.20 bits per heavy atom. The molecule has 0 radical (unpaired) electrons. The van der Waals surface area contributed by atoms with Gasteiger partial charge in [0.15, 0.2) is 0 Å². The number of methoxy groups -OCH3 is 1. The van der Waals surface area contributed by atoms with Gasteiger partial charge in [-0.25, -0.2) is 0 Å². The smallest absolute Gasteiger partial charge is 0.0640 e. The Morgan fingerprint density at radius 2 is 2.47 bits per heavy atom. The van der Waals surface area contributed by atoms with Gasteiger partial charge in [-0.3, -0.25) is 4.68 Å². The predicted octanol–water partition coefficient (Wildman–Crippen LogP) is 0.00150. The molecule has 2 N–H and O–H groups in total. The van der Waals surface area contributed by atoms with Crippen LogP contribution in [-0.2, 0) is 17.8 Å². The Balaban J connectivity index is 2.14.